The Morgan fingerprint density at radius 3 is 2.14 bits per heavy atom. The lowest BCUT2D eigenvalue weighted by atomic mass is 10.2. The smallest absolute Gasteiger partial charge is 0.250 e. The maximum atomic E-state index is 5.97. The number of hydrogen-bond acceptors (Lipinski definition) is 5. The Kier molecular flexibility index (Phi) is 5.35. The molecule has 0 amide bonds. The average Bonchev–Trinajstić information content (AvgIpc) is 2.75. The van der Waals surface area contributed by atoms with Crippen LogP contribution in [-0.4, -0.2) is 16.2 Å². The summed E-state index contributed by atoms with van der Waals surface area (Å²) in [5.41, 5.74) is 2.43. The molecule has 5 heteroatoms. The maximum absolute atomic E-state index is 5.97. The van der Waals surface area contributed by atoms with E-state index in [1.54, 1.807) is 12.4 Å². The van der Waals surface area contributed by atoms with Gasteiger partial charge in [-0.3, -0.25) is 0 Å². The molecule has 4 rings (SSSR count). The Morgan fingerprint density at radius 1 is 0.786 bits per heavy atom. The van der Waals surface area contributed by atoms with Gasteiger partial charge in [0.2, 0.25) is 11.8 Å². The molecule has 1 aromatic heterocycles. The number of anilines is 2. The van der Waals surface area contributed by atoms with E-state index in [9.17, 15) is 0 Å². The molecule has 0 spiro atoms. The molecule has 1 heterocycles. The van der Waals surface area contributed by atoms with Crippen LogP contribution in [0.15, 0.2) is 102 Å². The van der Waals surface area contributed by atoms with Crippen molar-refractivity contribution in [2.45, 2.75) is 0 Å². The molecule has 3 aromatic carbocycles. The van der Waals surface area contributed by atoms with E-state index in [0.29, 0.717) is 23.3 Å². The third-order valence-electron chi connectivity index (χ3n) is 3.88. The monoisotopic (exact) mass is 366 g/mol. The Morgan fingerprint density at radius 2 is 1.43 bits per heavy atom. The molecule has 0 atom stereocenters. The van der Waals surface area contributed by atoms with Gasteiger partial charge in [0.05, 0.1) is 6.20 Å². The molecule has 0 saturated carbocycles. The summed E-state index contributed by atoms with van der Waals surface area (Å²) in [5, 5.41) is 3.18. The second-order valence-corrected chi connectivity index (χ2v) is 5.96. The first-order chi connectivity index (χ1) is 13.9. The molecule has 0 saturated heterocycles. The van der Waals surface area contributed by atoms with Gasteiger partial charge in [0.25, 0.3) is 0 Å². The highest BCUT2D eigenvalue weighted by atomic mass is 16.5. The minimum Gasteiger partial charge on any atom is -0.437 e. The number of rotatable bonds is 6. The lowest BCUT2D eigenvalue weighted by Crippen LogP contribution is -1.99. The van der Waals surface area contributed by atoms with E-state index >= 15 is 0 Å². The zero-order valence-corrected chi connectivity index (χ0v) is 15.1. The first-order valence-corrected chi connectivity index (χ1v) is 8.88. The molecule has 1 N–H and O–H groups in total. The van der Waals surface area contributed by atoms with Crippen LogP contribution in [0.2, 0.25) is 0 Å². The molecule has 0 unspecified atom stereocenters. The number of para-hydroxylation sites is 2. The standard InChI is InChI=1S/C23H18N4O/c1-4-10-18(11-5-1)16-24-21-17-25-23(26-19-12-6-2-7-13-19)27-22(21)28-20-14-8-3-9-15-20/h1-17H,(H,25,26,27). The Hall–Kier alpha value is -3.99. The third kappa shape index (κ3) is 4.59. The Balaban J connectivity index is 1.65. The van der Waals surface area contributed by atoms with Crippen LogP contribution in [0.4, 0.5) is 17.3 Å². The highest BCUT2D eigenvalue weighted by Gasteiger charge is 2.09. The van der Waals surface area contributed by atoms with Crippen molar-refractivity contribution in [3.05, 3.63) is 103 Å². The van der Waals surface area contributed by atoms with Gasteiger partial charge in [-0.1, -0.05) is 66.7 Å². The van der Waals surface area contributed by atoms with Gasteiger partial charge in [0, 0.05) is 11.9 Å². The molecular weight excluding hydrogens is 348 g/mol. The summed E-state index contributed by atoms with van der Waals surface area (Å²) in [7, 11) is 0. The number of ether oxygens (including phenoxy) is 1. The number of nitrogens with one attached hydrogen (secondary N) is 1. The number of benzene rings is 3. The minimum absolute atomic E-state index is 0.381. The first-order valence-electron chi connectivity index (χ1n) is 8.88. The summed E-state index contributed by atoms with van der Waals surface area (Å²) in [6, 6.07) is 29.1. The van der Waals surface area contributed by atoms with Gasteiger partial charge in [0.15, 0.2) is 0 Å². The number of nitrogens with zero attached hydrogens (tertiary/aromatic N) is 3. The van der Waals surface area contributed by atoms with E-state index < -0.39 is 0 Å². The van der Waals surface area contributed by atoms with E-state index in [1.165, 1.54) is 0 Å². The van der Waals surface area contributed by atoms with Crippen LogP contribution in [0.3, 0.4) is 0 Å². The molecule has 28 heavy (non-hydrogen) atoms. The summed E-state index contributed by atoms with van der Waals surface area (Å²) in [6.45, 7) is 0. The van der Waals surface area contributed by atoms with E-state index in [4.69, 9.17) is 4.74 Å². The molecule has 5 nitrogen and oxygen atoms in total. The van der Waals surface area contributed by atoms with Crippen molar-refractivity contribution in [2.75, 3.05) is 5.32 Å². The summed E-state index contributed by atoms with van der Waals surface area (Å²) in [5.74, 6) is 1.51. The quantitative estimate of drug-likeness (QED) is 0.441. The van der Waals surface area contributed by atoms with Crippen LogP contribution in [0.1, 0.15) is 5.56 Å². The summed E-state index contributed by atoms with van der Waals surface area (Å²) in [4.78, 5) is 13.4. The van der Waals surface area contributed by atoms with E-state index in [2.05, 4.69) is 20.3 Å². The van der Waals surface area contributed by atoms with Gasteiger partial charge < -0.3 is 10.1 Å². The van der Waals surface area contributed by atoms with Gasteiger partial charge in [0.1, 0.15) is 11.4 Å². The van der Waals surface area contributed by atoms with Gasteiger partial charge in [-0.25, -0.2) is 9.98 Å². The molecule has 0 aliphatic heterocycles. The second kappa shape index (κ2) is 8.60. The summed E-state index contributed by atoms with van der Waals surface area (Å²) < 4.78 is 5.97. The van der Waals surface area contributed by atoms with Gasteiger partial charge in [-0.05, 0) is 29.8 Å². The van der Waals surface area contributed by atoms with Gasteiger partial charge in [-0.2, -0.15) is 4.98 Å². The normalized spacial score (nSPS) is 10.7. The SMILES string of the molecule is C(=Nc1cnc(Nc2ccccc2)nc1Oc1ccccc1)c1ccccc1. The van der Waals surface area contributed by atoms with Crippen molar-refractivity contribution in [2.24, 2.45) is 4.99 Å². The van der Waals surface area contributed by atoms with Crippen LogP contribution >= 0.6 is 0 Å². The van der Waals surface area contributed by atoms with Crippen molar-refractivity contribution in [1.82, 2.24) is 9.97 Å². The lowest BCUT2D eigenvalue weighted by Gasteiger charge is -2.10. The fraction of sp³-hybridized carbons (Fsp3) is 0. The maximum Gasteiger partial charge on any atom is 0.250 e. The zero-order valence-electron chi connectivity index (χ0n) is 15.1. The number of aliphatic imine (C=N–C) groups is 1. The molecule has 136 valence electrons. The minimum atomic E-state index is 0.381. The molecular formula is C23H18N4O. The predicted octanol–water partition coefficient (Wildman–Crippen LogP) is 5.76. The fourth-order valence-corrected chi connectivity index (χ4v) is 2.52. The van der Waals surface area contributed by atoms with Gasteiger partial charge in [-0.15, -0.1) is 0 Å². The Bertz CT molecular complexity index is 1050. The van der Waals surface area contributed by atoms with E-state index in [1.807, 2.05) is 91.0 Å². The molecule has 0 fully saturated rings. The van der Waals surface area contributed by atoms with Crippen molar-refractivity contribution in [3.63, 3.8) is 0 Å². The highest BCUT2D eigenvalue weighted by molar-refractivity contribution is 5.82. The predicted molar refractivity (Wildman–Crippen MR) is 112 cm³/mol. The van der Waals surface area contributed by atoms with Crippen molar-refractivity contribution < 1.29 is 4.74 Å². The lowest BCUT2D eigenvalue weighted by molar-refractivity contribution is 0.464. The van der Waals surface area contributed by atoms with Crippen LogP contribution in [0, 0.1) is 0 Å². The summed E-state index contributed by atoms with van der Waals surface area (Å²) >= 11 is 0. The number of hydrogen-bond donors (Lipinski definition) is 1. The topological polar surface area (TPSA) is 59.4 Å². The molecule has 0 radical (unpaired) electrons. The molecule has 0 bridgehead atoms. The van der Waals surface area contributed by atoms with Crippen LogP contribution in [0.5, 0.6) is 11.6 Å². The average molecular weight is 366 g/mol. The van der Waals surface area contributed by atoms with Crippen molar-refractivity contribution in [3.8, 4) is 11.6 Å². The van der Waals surface area contributed by atoms with Gasteiger partial charge >= 0.3 is 0 Å². The third-order valence-corrected chi connectivity index (χ3v) is 3.88. The number of aromatic nitrogens is 2. The highest BCUT2D eigenvalue weighted by Crippen LogP contribution is 2.30. The second-order valence-electron chi connectivity index (χ2n) is 5.96. The molecule has 0 aliphatic carbocycles. The van der Waals surface area contributed by atoms with Crippen LogP contribution in [0.25, 0.3) is 0 Å². The van der Waals surface area contributed by atoms with Crippen molar-refractivity contribution in [1.29, 1.82) is 0 Å². The fourth-order valence-electron chi connectivity index (χ4n) is 2.52. The Labute approximate surface area is 163 Å². The van der Waals surface area contributed by atoms with Crippen LogP contribution < -0.4 is 10.1 Å². The molecule has 4 aromatic rings. The molecule has 0 aliphatic rings. The summed E-state index contributed by atoms with van der Waals surface area (Å²) in [6.07, 6.45) is 3.41. The van der Waals surface area contributed by atoms with Crippen LogP contribution in [-0.2, 0) is 0 Å². The zero-order chi connectivity index (χ0) is 19.0. The van der Waals surface area contributed by atoms with E-state index in [-0.39, 0.29) is 0 Å². The van der Waals surface area contributed by atoms with E-state index in [0.717, 1.165) is 11.3 Å². The van der Waals surface area contributed by atoms with Crippen molar-refractivity contribution >= 4 is 23.5 Å². The largest absolute Gasteiger partial charge is 0.437 e. The first kappa shape index (κ1) is 17.4.